The van der Waals surface area contributed by atoms with Crippen LogP contribution in [0.2, 0.25) is 0 Å². The van der Waals surface area contributed by atoms with Crippen LogP contribution < -0.4 is 0 Å². The molecule has 10 aromatic carbocycles. The summed E-state index contributed by atoms with van der Waals surface area (Å²) in [6.07, 6.45) is 1.76. The molecule has 4 heterocycles. The van der Waals surface area contributed by atoms with Gasteiger partial charge >= 0.3 is 0 Å². The Balaban J connectivity index is 1.03. The van der Waals surface area contributed by atoms with Gasteiger partial charge in [-0.15, -0.1) is 0 Å². The van der Waals surface area contributed by atoms with E-state index in [4.69, 9.17) is 9.97 Å². The predicted molar refractivity (Wildman–Crippen MR) is 272 cm³/mol. The van der Waals surface area contributed by atoms with Gasteiger partial charge < -0.3 is 4.40 Å². The maximum atomic E-state index is 12.9. The van der Waals surface area contributed by atoms with Crippen molar-refractivity contribution in [2.24, 2.45) is 0 Å². The molecule has 0 saturated heterocycles. The fourth-order valence-corrected chi connectivity index (χ4v) is 11.5. The second-order valence-electron chi connectivity index (χ2n) is 17.1. The molecule has 0 spiro atoms. The second kappa shape index (κ2) is 13.7. The molecule has 0 amide bonds. The molecule has 0 N–H and O–H groups in total. The summed E-state index contributed by atoms with van der Waals surface area (Å²) >= 11 is 0. The van der Waals surface area contributed by atoms with E-state index in [-0.39, 0.29) is 0 Å². The molecule has 65 heavy (non-hydrogen) atoms. The van der Waals surface area contributed by atoms with Crippen LogP contribution in [0.4, 0.5) is 0 Å². The van der Waals surface area contributed by atoms with E-state index in [9.17, 15) is 4.21 Å². The number of benzene rings is 10. The molecule has 0 fully saturated rings. The molecule has 14 rings (SSSR count). The minimum atomic E-state index is -1.12. The first kappa shape index (κ1) is 36.3. The lowest BCUT2D eigenvalue weighted by molar-refractivity contribution is 0.687. The highest BCUT2D eigenvalue weighted by molar-refractivity contribution is 7.84. The van der Waals surface area contributed by atoms with Gasteiger partial charge in [-0.25, -0.2) is 9.97 Å². The minimum absolute atomic E-state index is 0.643. The Labute approximate surface area is 375 Å². The van der Waals surface area contributed by atoms with Crippen LogP contribution in [0.5, 0.6) is 0 Å². The smallest absolute Gasteiger partial charge is 0.235 e. The van der Waals surface area contributed by atoms with Crippen molar-refractivity contribution in [2.75, 3.05) is 6.26 Å². The topological polar surface area (TPSA) is 52.2 Å². The molecule has 0 aliphatic heterocycles. The summed E-state index contributed by atoms with van der Waals surface area (Å²) < 4.78 is 17.6. The summed E-state index contributed by atoms with van der Waals surface area (Å²) in [5.74, 6) is 0.643. The quantitative estimate of drug-likeness (QED) is 0.162. The van der Waals surface area contributed by atoms with Crippen molar-refractivity contribution in [1.82, 2.24) is 18.9 Å². The number of nitrogens with zero attached hydrogens (tertiary/aromatic N) is 4. The third kappa shape index (κ3) is 5.23. The summed E-state index contributed by atoms with van der Waals surface area (Å²) in [6, 6.07) is 71.6. The average molecular weight is 849 g/mol. The summed E-state index contributed by atoms with van der Waals surface area (Å²) in [5, 5.41) is 12.8. The van der Waals surface area contributed by atoms with Crippen LogP contribution in [0.15, 0.2) is 205 Å². The van der Waals surface area contributed by atoms with Crippen molar-refractivity contribution < 1.29 is 4.21 Å². The fourth-order valence-electron chi connectivity index (χ4n) is 10.7. The highest BCUT2D eigenvalue weighted by Crippen LogP contribution is 2.46. The lowest BCUT2D eigenvalue weighted by atomic mass is 9.95. The molecule has 1 unspecified atom stereocenters. The first-order chi connectivity index (χ1) is 32.1. The lowest BCUT2D eigenvalue weighted by Gasteiger charge is -2.13. The van der Waals surface area contributed by atoms with Crippen molar-refractivity contribution in [2.45, 2.75) is 4.90 Å². The fraction of sp³-hybridized carbons (Fsp3) is 0.0169. The zero-order valence-corrected chi connectivity index (χ0v) is 36.0. The van der Waals surface area contributed by atoms with Crippen LogP contribution in [0.3, 0.4) is 0 Å². The first-order valence-corrected chi connectivity index (χ1v) is 23.5. The van der Waals surface area contributed by atoms with Crippen molar-refractivity contribution in [1.29, 1.82) is 0 Å². The van der Waals surface area contributed by atoms with Crippen molar-refractivity contribution in [3.05, 3.63) is 200 Å². The van der Waals surface area contributed by atoms with Crippen LogP contribution >= 0.6 is 0 Å². The van der Waals surface area contributed by atoms with E-state index in [2.05, 4.69) is 185 Å². The van der Waals surface area contributed by atoms with E-state index in [0.717, 1.165) is 81.9 Å². The maximum absolute atomic E-state index is 12.9. The molecular weight excluding hydrogens is 813 g/mol. The zero-order chi connectivity index (χ0) is 42.9. The molecule has 0 radical (unpaired) electrons. The zero-order valence-electron chi connectivity index (χ0n) is 35.2. The highest BCUT2D eigenvalue weighted by Gasteiger charge is 2.23. The molecule has 4 aromatic heterocycles. The van der Waals surface area contributed by atoms with Crippen LogP contribution in [0.1, 0.15) is 0 Å². The number of fused-ring (bicyclic) bond motifs is 14. The largest absolute Gasteiger partial charge is 0.308 e. The van der Waals surface area contributed by atoms with Gasteiger partial charge in [0.1, 0.15) is 0 Å². The average Bonchev–Trinajstić information content (AvgIpc) is 4.01. The highest BCUT2D eigenvalue weighted by atomic mass is 32.2. The lowest BCUT2D eigenvalue weighted by Crippen LogP contribution is -2.03. The van der Waals surface area contributed by atoms with Crippen LogP contribution in [-0.2, 0) is 10.8 Å². The summed E-state index contributed by atoms with van der Waals surface area (Å²) in [6.45, 7) is 0. The Bertz CT molecular complexity index is 4340. The van der Waals surface area contributed by atoms with Gasteiger partial charge in [-0.1, -0.05) is 140 Å². The van der Waals surface area contributed by atoms with Gasteiger partial charge in [-0.2, -0.15) is 0 Å². The summed E-state index contributed by atoms with van der Waals surface area (Å²) in [5.41, 5.74) is 13.0. The van der Waals surface area contributed by atoms with Gasteiger partial charge in [-0.05, 0) is 99.1 Å². The molecule has 6 heteroatoms. The number of para-hydroxylation sites is 2. The van der Waals surface area contributed by atoms with Gasteiger partial charge in [0.25, 0.3) is 0 Å². The van der Waals surface area contributed by atoms with Crippen LogP contribution in [0, 0.1) is 0 Å². The van der Waals surface area contributed by atoms with Crippen molar-refractivity contribution in [3.8, 4) is 39.5 Å². The SMILES string of the molecule is CS(=O)c1ccccc1-c1ccc2ccc3c(c2c1)c1cc(-c2ccc4c(c2)c2ccccc2n4-c2nc(-c4ccccc4)c4ccc5ccccc5c4n2)cc2c4ccccc4n3c21. The Kier molecular flexibility index (Phi) is 7.63. The van der Waals surface area contributed by atoms with Gasteiger partial charge in [-0.3, -0.25) is 8.78 Å². The molecule has 0 aliphatic carbocycles. The van der Waals surface area contributed by atoms with Crippen LogP contribution in [0.25, 0.3) is 132 Å². The van der Waals surface area contributed by atoms with Gasteiger partial charge in [0.2, 0.25) is 5.95 Å². The third-order valence-corrected chi connectivity index (χ3v) is 14.6. The summed E-state index contributed by atoms with van der Waals surface area (Å²) in [4.78, 5) is 11.7. The van der Waals surface area contributed by atoms with E-state index in [1.807, 2.05) is 24.3 Å². The molecule has 0 aliphatic rings. The standard InChI is InChI=1S/C59H36N4OS/c1-65(64)54-22-12-9-16-41(54)39-24-23-36-26-30-53-55(46(36)32-39)49-34-40(33-48-44-19-8-10-20-50(44)62(53)58(48)49)38-27-29-52-47(31-38)43-18-7-11-21-51(43)63(52)59-60-56(37-14-3-2-4-15-37)45-28-25-35-13-5-6-17-42(35)57(45)61-59/h2-34H,1H3. The Morgan fingerprint density at radius 1 is 0.415 bits per heavy atom. The Hall–Kier alpha value is -8.19. The number of aromatic nitrogens is 4. The first-order valence-electron chi connectivity index (χ1n) is 21.9. The molecule has 304 valence electrons. The third-order valence-electron chi connectivity index (χ3n) is 13.6. The molecule has 5 nitrogen and oxygen atoms in total. The number of hydrogen-bond acceptors (Lipinski definition) is 3. The minimum Gasteiger partial charge on any atom is -0.308 e. The van der Waals surface area contributed by atoms with Crippen molar-refractivity contribution in [3.63, 3.8) is 0 Å². The van der Waals surface area contributed by atoms with E-state index >= 15 is 0 Å². The van der Waals surface area contributed by atoms with E-state index < -0.39 is 10.8 Å². The Morgan fingerprint density at radius 2 is 1.03 bits per heavy atom. The number of hydrogen-bond donors (Lipinski definition) is 0. The van der Waals surface area contributed by atoms with E-state index in [1.165, 1.54) is 48.9 Å². The maximum Gasteiger partial charge on any atom is 0.235 e. The predicted octanol–water partition coefficient (Wildman–Crippen LogP) is 14.9. The van der Waals surface area contributed by atoms with Gasteiger partial charge in [0, 0.05) is 59.8 Å². The Morgan fingerprint density at radius 3 is 1.89 bits per heavy atom. The second-order valence-corrected chi connectivity index (χ2v) is 18.5. The summed E-state index contributed by atoms with van der Waals surface area (Å²) in [7, 11) is -1.12. The number of rotatable bonds is 5. The molecule has 14 aromatic rings. The van der Waals surface area contributed by atoms with Gasteiger partial charge in [0.05, 0.1) is 49.6 Å². The van der Waals surface area contributed by atoms with Crippen LogP contribution in [-0.4, -0.2) is 29.4 Å². The molecular formula is C59H36N4OS. The monoisotopic (exact) mass is 848 g/mol. The molecule has 1 atom stereocenters. The van der Waals surface area contributed by atoms with E-state index in [1.54, 1.807) is 6.26 Å². The molecule has 0 bridgehead atoms. The van der Waals surface area contributed by atoms with Crippen molar-refractivity contribution >= 4 is 103 Å². The van der Waals surface area contributed by atoms with E-state index in [0.29, 0.717) is 5.95 Å². The van der Waals surface area contributed by atoms with Gasteiger partial charge in [0.15, 0.2) is 0 Å². The normalized spacial score (nSPS) is 12.7. The molecule has 0 saturated carbocycles.